The molecule has 0 unspecified atom stereocenters. The Hall–Kier alpha value is -1.88. The highest BCUT2D eigenvalue weighted by Gasteiger charge is 1.99. The van der Waals surface area contributed by atoms with Gasteiger partial charge in [0, 0.05) is 5.56 Å². The van der Waals surface area contributed by atoms with E-state index >= 15 is 0 Å². The molecule has 1 rings (SSSR count). The smallest absolute Gasteiger partial charge is 0.185 e. The summed E-state index contributed by atoms with van der Waals surface area (Å²) in [6.45, 7) is 3.37. The Morgan fingerprint density at radius 1 is 1.42 bits per heavy atom. The Morgan fingerprint density at radius 3 is 2.42 bits per heavy atom. The summed E-state index contributed by atoms with van der Waals surface area (Å²) in [4.78, 5) is 11.0. The molecule has 0 saturated heterocycles. The Balaban J connectivity index is 3.01. The van der Waals surface area contributed by atoms with Crippen molar-refractivity contribution in [1.29, 1.82) is 5.26 Å². The lowest BCUT2D eigenvalue weighted by Crippen LogP contribution is -1.92. The van der Waals surface area contributed by atoms with Gasteiger partial charge in [-0.05, 0) is 30.3 Å². The molecule has 58 valence electrons. The van der Waals surface area contributed by atoms with Crippen LogP contribution in [0.25, 0.3) is 0 Å². The molecule has 0 aliphatic rings. The predicted molar refractivity (Wildman–Crippen MR) is 45.7 cm³/mol. The van der Waals surface area contributed by atoms with Crippen LogP contribution in [0.3, 0.4) is 0 Å². The van der Waals surface area contributed by atoms with Crippen LogP contribution < -0.4 is 0 Å². The zero-order valence-corrected chi connectivity index (χ0v) is 6.45. The zero-order valence-electron chi connectivity index (χ0n) is 6.45. The van der Waals surface area contributed by atoms with Crippen molar-refractivity contribution in [2.75, 3.05) is 0 Å². The number of nitrogens with zero attached hydrogens (tertiary/aromatic N) is 1. The monoisotopic (exact) mass is 157 g/mol. The SMILES string of the molecule is C=CC(=O)c1ccc(C#N)cc1. The largest absolute Gasteiger partial charge is 0.289 e. The maximum absolute atomic E-state index is 11.0. The van der Waals surface area contributed by atoms with E-state index < -0.39 is 0 Å². The lowest BCUT2D eigenvalue weighted by Gasteiger charge is -1.93. The highest BCUT2D eigenvalue weighted by molar-refractivity contribution is 6.04. The summed E-state index contributed by atoms with van der Waals surface area (Å²) >= 11 is 0. The fourth-order valence-corrected chi connectivity index (χ4v) is 0.827. The van der Waals surface area contributed by atoms with E-state index in [9.17, 15) is 4.79 Å². The molecular formula is C10H7NO. The molecule has 0 aromatic heterocycles. The number of hydrogen-bond donors (Lipinski definition) is 0. The van der Waals surface area contributed by atoms with Gasteiger partial charge in [0.15, 0.2) is 5.78 Å². The zero-order chi connectivity index (χ0) is 8.97. The van der Waals surface area contributed by atoms with Crippen molar-refractivity contribution >= 4 is 5.78 Å². The Morgan fingerprint density at radius 2 is 2.00 bits per heavy atom. The molecule has 0 fully saturated rings. The first kappa shape index (κ1) is 8.22. The average molecular weight is 157 g/mol. The molecule has 12 heavy (non-hydrogen) atoms. The first-order valence-electron chi connectivity index (χ1n) is 3.45. The molecule has 0 N–H and O–H groups in total. The normalized spacial score (nSPS) is 8.58. The summed E-state index contributed by atoms with van der Waals surface area (Å²) in [5.41, 5.74) is 1.11. The third kappa shape index (κ3) is 1.58. The van der Waals surface area contributed by atoms with Crippen LogP contribution in [0.2, 0.25) is 0 Å². The second kappa shape index (κ2) is 3.49. The summed E-state index contributed by atoms with van der Waals surface area (Å²) < 4.78 is 0. The molecule has 2 nitrogen and oxygen atoms in total. The van der Waals surface area contributed by atoms with Crippen molar-refractivity contribution in [3.8, 4) is 6.07 Å². The molecule has 0 aliphatic carbocycles. The number of nitriles is 1. The Bertz CT molecular complexity index is 343. The standard InChI is InChI=1S/C10H7NO/c1-2-10(12)9-5-3-8(7-11)4-6-9/h2-6H,1H2. The number of allylic oxidation sites excluding steroid dienone is 1. The van der Waals surface area contributed by atoms with Crippen LogP contribution in [0, 0.1) is 11.3 Å². The molecule has 0 aliphatic heterocycles. The van der Waals surface area contributed by atoms with Gasteiger partial charge < -0.3 is 0 Å². The van der Waals surface area contributed by atoms with Crippen LogP contribution in [0.5, 0.6) is 0 Å². The van der Waals surface area contributed by atoms with E-state index in [0.29, 0.717) is 11.1 Å². The quantitative estimate of drug-likeness (QED) is 0.486. The first-order chi connectivity index (χ1) is 5.77. The van der Waals surface area contributed by atoms with Gasteiger partial charge in [0.2, 0.25) is 0 Å². The summed E-state index contributed by atoms with van der Waals surface area (Å²) in [7, 11) is 0. The van der Waals surface area contributed by atoms with Crippen LogP contribution in [0.4, 0.5) is 0 Å². The van der Waals surface area contributed by atoms with E-state index in [-0.39, 0.29) is 5.78 Å². The molecule has 1 aromatic rings. The maximum atomic E-state index is 11.0. The molecule has 0 bridgehead atoms. The number of carbonyl (C=O) groups is 1. The summed E-state index contributed by atoms with van der Waals surface area (Å²) in [6.07, 6.45) is 1.25. The van der Waals surface area contributed by atoms with Gasteiger partial charge in [0.05, 0.1) is 11.6 Å². The lowest BCUT2D eigenvalue weighted by molar-refractivity contribution is 0.104. The van der Waals surface area contributed by atoms with Gasteiger partial charge in [-0.15, -0.1) is 0 Å². The highest BCUT2D eigenvalue weighted by Crippen LogP contribution is 2.04. The Labute approximate surface area is 70.8 Å². The number of benzene rings is 1. The van der Waals surface area contributed by atoms with E-state index in [1.165, 1.54) is 6.08 Å². The van der Waals surface area contributed by atoms with Crippen LogP contribution in [0.15, 0.2) is 36.9 Å². The fourth-order valence-electron chi connectivity index (χ4n) is 0.827. The van der Waals surface area contributed by atoms with Gasteiger partial charge in [-0.3, -0.25) is 4.79 Å². The van der Waals surface area contributed by atoms with E-state index in [1.807, 2.05) is 6.07 Å². The second-order valence-corrected chi connectivity index (χ2v) is 2.26. The van der Waals surface area contributed by atoms with Crippen LogP contribution in [0.1, 0.15) is 15.9 Å². The number of rotatable bonds is 2. The van der Waals surface area contributed by atoms with Gasteiger partial charge in [0.1, 0.15) is 0 Å². The van der Waals surface area contributed by atoms with Crippen LogP contribution in [-0.4, -0.2) is 5.78 Å². The van der Waals surface area contributed by atoms with Gasteiger partial charge in [-0.2, -0.15) is 5.26 Å². The average Bonchev–Trinajstić information content (AvgIpc) is 2.17. The number of carbonyl (C=O) groups excluding carboxylic acids is 1. The van der Waals surface area contributed by atoms with Gasteiger partial charge >= 0.3 is 0 Å². The van der Waals surface area contributed by atoms with E-state index in [1.54, 1.807) is 24.3 Å². The van der Waals surface area contributed by atoms with Crippen molar-refractivity contribution in [2.24, 2.45) is 0 Å². The first-order valence-corrected chi connectivity index (χ1v) is 3.45. The van der Waals surface area contributed by atoms with Crippen molar-refractivity contribution < 1.29 is 4.79 Å². The lowest BCUT2D eigenvalue weighted by atomic mass is 10.1. The topological polar surface area (TPSA) is 40.9 Å². The summed E-state index contributed by atoms with van der Waals surface area (Å²) in [6, 6.07) is 8.42. The molecule has 1 aromatic carbocycles. The minimum atomic E-state index is -0.125. The highest BCUT2D eigenvalue weighted by atomic mass is 16.1. The second-order valence-electron chi connectivity index (χ2n) is 2.26. The molecule has 0 atom stereocenters. The summed E-state index contributed by atoms with van der Waals surface area (Å²) in [5.74, 6) is -0.125. The van der Waals surface area contributed by atoms with Gasteiger partial charge in [-0.1, -0.05) is 6.58 Å². The number of ketones is 1. The van der Waals surface area contributed by atoms with Gasteiger partial charge in [0.25, 0.3) is 0 Å². The van der Waals surface area contributed by atoms with Crippen LogP contribution >= 0.6 is 0 Å². The Kier molecular flexibility index (Phi) is 2.39. The number of hydrogen-bond acceptors (Lipinski definition) is 2. The third-order valence-corrected chi connectivity index (χ3v) is 1.48. The molecule has 0 spiro atoms. The van der Waals surface area contributed by atoms with E-state index in [0.717, 1.165) is 0 Å². The maximum Gasteiger partial charge on any atom is 0.185 e. The van der Waals surface area contributed by atoms with Crippen molar-refractivity contribution in [3.05, 3.63) is 48.0 Å². The molecule has 0 radical (unpaired) electrons. The molecular weight excluding hydrogens is 150 g/mol. The molecule has 0 saturated carbocycles. The minimum Gasteiger partial charge on any atom is -0.289 e. The minimum absolute atomic E-state index is 0.125. The van der Waals surface area contributed by atoms with Crippen molar-refractivity contribution in [1.82, 2.24) is 0 Å². The molecule has 0 amide bonds. The molecule has 2 heteroatoms. The van der Waals surface area contributed by atoms with Crippen molar-refractivity contribution in [3.63, 3.8) is 0 Å². The van der Waals surface area contributed by atoms with Gasteiger partial charge in [-0.25, -0.2) is 0 Å². The third-order valence-electron chi connectivity index (χ3n) is 1.48. The molecule has 0 heterocycles. The van der Waals surface area contributed by atoms with E-state index in [2.05, 4.69) is 6.58 Å². The predicted octanol–water partition coefficient (Wildman–Crippen LogP) is 1.93. The van der Waals surface area contributed by atoms with Crippen molar-refractivity contribution in [2.45, 2.75) is 0 Å². The fraction of sp³-hybridized carbons (Fsp3) is 0. The van der Waals surface area contributed by atoms with Crippen LogP contribution in [-0.2, 0) is 0 Å². The summed E-state index contributed by atoms with van der Waals surface area (Å²) in [5, 5.41) is 8.47. The van der Waals surface area contributed by atoms with E-state index in [4.69, 9.17) is 5.26 Å².